The third-order valence-corrected chi connectivity index (χ3v) is 4.87. The Labute approximate surface area is 148 Å². The number of hydrogen-bond acceptors (Lipinski definition) is 2. The maximum Gasteiger partial charge on any atom is 0.270 e. The average Bonchev–Trinajstić information content (AvgIpc) is 3.07. The van der Waals surface area contributed by atoms with Crippen molar-refractivity contribution in [1.29, 1.82) is 0 Å². The molecule has 0 unspecified atom stereocenters. The topological polar surface area (TPSA) is 58.9 Å². The van der Waals surface area contributed by atoms with Crippen molar-refractivity contribution in [3.8, 4) is 11.1 Å². The van der Waals surface area contributed by atoms with E-state index >= 15 is 0 Å². The van der Waals surface area contributed by atoms with Gasteiger partial charge in [-0.2, -0.15) is 0 Å². The summed E-state index contributed by atoms with van der Waals surface area (Å²) in [5.74, 6) is 0. The van der Waals surface area contributed by atoms with E-state index < -0.39 is 0 Å². The molecule has 0 aliphatic rings. The molecule has 26 heavy (non-hydrogen) atoms. The fourth-order valence-electron chi connectivity index (χ4n) is 3.72. The highest BCUT2D eigenvalue weighted by molar-refractivity contribution is 6.22. The van der Waals surface area contributed by atoms with Gasteiger partial charge in [0.1, 0.15) is 0 Å². The fraction of sp³-hybridized carbons (Fsp3) is 0. The highest BCUT2D eigenvalue weighted by Gasteiger charge is 2.15. The number of non-ortho nitro benzene ring substituents is 1. The Morgan fingerprint density at radius 2 is 1.58 bits per heavy atom. The summed E-state index contributed by atoms with van der Waals surface area (Å²) in [6, 6.07) is 25.3. The second kappa shape index (κ2) is 5.43. The van der Waals surface area contributed by atoms with Crippen LogP contribution >= 0.6 is 0 Å². The van der Waals surface area contributed by atoms with Gasteiger partial charge >= 0.3 is 0 Å². The number of para-hydroxylation sites is 1. The van der Waals surface area contributed by atoms with Crippen LogP contribution in [0.1, 0.15) is 0 Å². The molecule has 0 amide bonds. The molecule has 0 fully saturated rings. The molecule has 124 valence electrons. The van der Waals surface area contributed by atoms with Gasteiger partial charge in [0.25, 0.3) is 5.69 Å². The minimum absolute atomic E-state index is 0.101. The molecule has 0 radical (unpaired) electrons. The lowest BCUT2D eigenvalue weighted by atomic mass is 9.95. The van der Waals surface area contributed by atoms with Crippen molar-refractivity contribution >= 4 is 38.3 Å². The first-order valence-electron chi connectivity index (χ1n) is 8.39. The van der Waals surface area contributed by atoms with Crippen LogP contribution in [-0.4, -0.2) is 9.91 Å². The number of hydrogen-bond donors (Lipinski definition) is 1. The molecule has 4 aromatic carbocycles. The van der Waals surface area contributed by atoms with Crippen LogP contribution < -0.4 is 0 Å². The lowest BCUT2D eigenvalue weighted by Gasteiger charge is -2.08. The number of aromatic amines is 1. The molecule has 1 aromatic heterocycles. The van der Waals surface area contributed by atoms with E-state index in [2.05, 4.69) is 35.3 Å². The number of nitrogens with one attached hydrogen (secondary N) is 1. The Hall–Kier alpha value is -3.66. The molecular formula is C22H14N2O2. The molecule has 0 atom stereocenters. The van der Waals surface area contributed by atoms with Crippen molar-refractivity contribution < 1.29 is 4.92 Å². The third-order valence-electron chi connectivity index (χ3n) is 4.87. The molecular weight excluding hydrogens is 324 g/mol. The first-order chi connectivity index (χ1) is 12.7. The van der Waals surface area contributed by atoms with Crippen LogP contribution in [0.2, 0.25) is 0 Å². The van der Waals surface area contributed by atoms with E-state index in [1.165, 1.54) is 6.07 Å². The minimum Gasteiger partial charge on any atom is -0.354 e. The van der Waals surface area contributed by atoms with Crippen LogP contribution in [0.25, 0.3) is 43.7 Å². The summed E-state index contributed by atoms with van der Waals surface area (Å²) in [7, 11) is 0. The molecule has 5 rings (SSSR count). The largest absolute Gasteiger partial charge is 0.354 e. The van der Waals surface area contributed by atoms with Crippen molar-refractivity contribution in [2.24, 2.45) is 0 Å². The molecule has 0 aliphatic carbocycles. The summed E-state index contributed by atoms with van der Waals surface area (Å²) >= 11 is 0. The lowest BCUT2D eigenvalue weighted by molar-refractivity contribution is -0.384. The van der Waals surface area contributed by atoms with Gasteiger partial charge in [0.2, 0.25) is 0 Å². The fourth-order valence-corrected chi connectivity index (χ4v) is 3.72. The quantitative estimate of drug-likeness (QED) is 0.315. The molecule has 0 bridgehead atoms. The normalized spacial score (nSPS) is 11.4. The summed E-state index contributed by atoms with van der Waals surface area (Å²) in [5, 5.41) is 15.7. The predicted molar refractivity (Wildman–Crippen MR) is 105 cm³/mol. The SMILES string of the molecule is O=[N+]([O-])c1cccc(-c2cc3ccccc3c3[nH]c4ccccc4c23)c1. The van der Waals surface area contributed by atoms with Gasteiger partial charge in [-0.3, -0.25) is 10.1 Å². The lowest BCUT2D eigenvalue weighted by Crippen LogP contribution is -1.89. The number of nitro groups is 1. The van der Waals surface area contributed by atoms with Crippen LogP contribution in [0.4, 0.5) is 5.69 Å². The Kier molecular flexibility index (Phi) is 3.06. The van der Waals surface area contributed by atoms with Crippen molar-refractivity contribution in [3.63, 3.8) is 0 Å². The standard InChI is InChI=1S/C22H14N2O2/c25-24(26)16-8-5-7-14(12-16)19-13-15-6-1-2-9-17(15)22-21(19)18-10-3-4-11-20(18)23-22/h1-13,23H. The van der Waals surface area contributed by atoms with E-state index in [0.29, 0.717) is 0 Å². The monoisotopic (exact) mass is 338 g/mol. The molecule has 0 spiro atoms. The number of nitrogens with zero attached hydrogens (tertiary/aromatic N) is 1. The highest BCUT2D eigenvalue weighted by atomic mass is 16.6. The van der Waals surface area contributed by atoms with E-state index in [-0.39, 0.29) is 10.6 Å². The van der Waals surface area contributed by atoms with E-state index in [4.69, 9.17) is 0 Å². The Morgan fingerprint density at radius 1 is 0.808 bits per heavy atom. The zero-order valence-corrected chi connectivity index (χ0v) is 13.8. The second-order valence-corrected chi connectivity index (χ2v) is 6.37. The Balaban J connectivity index is 1.97. The van der Waals surface area contributed by atoms with Crippen LogP contribution in [0.15, 0.2) is 78.9 Å². The number of rotatable bonds is 2. The van der Waals surface area contributed by atoms with Crippen molar-refractivity contribution in [3.05, 3.63) is 89.0 Å². The van der Waals surface area contributed by atoms with Gasteiger partial charge in [0.05, 0.1) is 10.4 Å². The minimum atomic E-state index is -0.350. The average molecular weight is 338 g/mol. The molecule has 4 nitrogen and oxygen atoms in total. The Bertz CT molecular complexity index is 1320. The van der Waals surface area contributed by atoms with E-state index in [1.54, 1.807) is 12.1 Å². The summed E-state index contributed by atoms with van der Waals surface area (Å²) in [6.07, 6.45) is 0. The van der Waals surface area contributed by atoms with Gasteiger partial charge in [-0.05, 0) is 28.6 Å². The summed E-state index contributed by atoms with van der Waals surface area (Å²) in [6.45, 7) is 0. The van der Waals surface area contributed by atoms with Gasteiger partial charge in [0.15, 0.2) is 0 Å². The molecule has 1 N–H and O–H groups in total. The zero-order chi connectivity index (χ0) is 17.7. The van der Waals surface area contributed by atoms with Crippen molar-refractivity contribution in [2.45, 2.75) is 0 Å². The number of benzene rings is 4. The number of aromatic nitrogens is 1. The third kappa shape index (κ3) is 2.09. The maximum atomic E-state index is 11.2. The Morgan fingerprint density at radius 3 is 2.42 bits per heavy atom. The smallest absolute Gasteiger partial charge is 0.270 e. The van der Waals surface area contributed by atoms with Crippen molar-refractivity contribution in [1.82, 2.24) is 4.98 Å². The molecule has 0 saturated heterocycles. The second-order valence-electron chi connectivity index (χ2n) is 6.37. The van der Waals surface area contributed by atoms with Gasteiger partial charge in [-0.1, -0.05) is 54.6 Å². The molecule has 1 heterocycles. The predicted octanol–water partition coefficient (Wildman–Crippen LogP) is 6.05. The number of nitro benzene ring substituents is 1. The van der Waals surface area contributed by atoms with Gasteiger partial charge in [0, 0.05) is 33.8 Å². The van der Waals surface area contributed by atoms with Gasteiger partial charge in [-0.25, -0.2) is 0 Å². The molecule has 0 saturated carbocycles. The summed E-state index contributed by atoms with van der Waals surface area (Å²) in [5.41, 5.74) is 4.07. The maximum absolute atomic E-state index is 11.2. The van der Waals surface area contributed by atoms with Crippen molar-refractivity contribution in [2.75, 3.05) is 0 Å². The van der Waals surface area contributed by atoms with E-state index in [0.717, 1.165) is 43.7 Å². The molecule has 4 heteroatoms. The highest BCUT2D eigenvalue weighted by Crippen LogP contribution is 2.39. The first kappa shape index (κ1) is 14.7. The zero-order valence-electron chi connectivity index (χ0n) is 13.8. The molecule has 0 aliphatic heterocycles. The van der Waals surface area contributed by atoms with Crippen LogP contribution in [0.5, 0.6) is 0 Å². The van der Waals surface area contributed by atoms with Gasteiger partial charge in [-0.15, -0.1) is 0 Å². The van der Waals surface area contributed by atoms with Crippen LogP contribution in [-0.2, 0) is 0 Å². The summed E-state index contributed by atoms with van der Waals surface area (Å²) < 4.78 is 0. The number of H-pyrrole nitrogens is 1. The first-order valence-corrected chi connectivity index (χ1v) is 8.39. The van der Waals surface area contributed by atoms with Gasteiger partial charge < -0.3 is 4.98 Å². The van der Waals surface area contributed by atoms with E-state index in [9.17, 15) is 10.1 Å². The molecule has 5 aromatic rings. The van der Waals surface area contributed by atoms with Crippen LogP contribution in [0, 0.1) is 10.1 Å². The van der Waals surface area contributed by atoms with Crippen LogP contribution in [0.3, 0.4) is 0 Å². The van der Waals surface area contributed by atoms with E-state index in [1.807, 2.05) is 30.3 Å². The summed E-state index contributed by atoms with van der Waals surface area (Å²) in [4.78, 5) is 14.4. The number of fused-ring (bicyclic) bond motifs is 5.